The average Bonchev–Trinajstić information content (AvgIpc) is 2.82. The summed E-state index contributed by atoms with van der Waals surface area (Å²) >= 11 is 0. The van der Waals surface area contributed by atoms with Crippen LogP contribution in [0.5, 0.6) is 5.88 Å². The molecule has 0 radical (unpaired) electrons. The van der Waals surface area contributed by atoms with E-state index >= 15 is 0 Å². The summed E-state index contributed by atoms with van der Waals surface area (Å²) < 4.78 is 5.14. The van der Waals surface area contributed by atoms with E-state index in [1.54, 1.807) is 19.4 Å². The lowest BCUT2D eigenvalue weighted by Crippen LogP contribution is -2.40. The lowest BCUT2D eigenvalue weighted by molar-refractivity contribution is 0.340. The molecule has 5 nitrogen and oxygen atoms in total. The van der Waals surface area contributed by atoms with Crippen LogP contribution in [0.2, 0.25) is 0 Å². The van der Waals surface area contributed by atoms with Crippen LogP contribution < -0.4 is 15.0 Å². The van der Waals surface area contributed by atoms with Crippen LogP contribution in [-0.4, -0.2) is 42.8 Å². The van der Waals surface area contributed by atoms with E-state index in [2.05, 4.69) is 20.2 Å². The largest absolute Gasteiger partial charge is 0.481 e. The molecule has 1 aromatic rings. The van der Waals surface area contributed by atoms with E-state index in [-0.39, 0.29) is 0 Å². The normalized spacial score (nSPS) is 27.9. The van der Waals surface area contributed by atoms with Crippen molar-refractivity contribution < 1.29 is 4.74 Å². The average molecular weight is 234 g/mol. The number of anilines is 1. The number of fused-ring (bicyclic) bond motifs is 1. The zero-order valence-corrected chi connectivity index (χ0v) is 10.1. The van der Waals surface area contributed by atoms with Gasteiger partial charge in [-0.1, -0.05) is 0 Å². The highest BCUT2D eigenvalue weighted by Crippen LogP contribution is 2.27. The minimum atomic E-state index is 0.610. The Morgan fingerprint density at radius 2 is 2.41 bits per heavy atom. The molecule has 2 aliphatic rings. The van der Waals surface area contributed by atoms with Gasteiger partial charge < -0.3 is 15.0 Å². The van der Waals surface area contributed by atoms with Crippen molar-refractivity contribution in [1.29, 1.82) is 0 Å². The van der Waals surface area contributed by atoms with Gasteiger partial charge in [0.05, 0.1) is 7.11 Å². The second-order valence-electron chi connectivity index (χ2n) is 4.77. The molecule has 0 aliphatic carbocycles. The standard InChI is InChI=1S/C12H18N4O/c1-17-11-4-6-14-12(15-11)16-7-9-3-2-5-13-10(9)8-16/h4,6,9-10,13H,2-3,5,7-8H2,1H3/t9-,10+/m0/s1. The van der Waals surface area contributed by atoms with E-state index in [1.807, 2.05) is 0 Å². The van der Waals surface area contributed by atoms with Crippen LogP contribution in [0.25, 0.3) is 0 Å². The first-order valence-electron chi connectivity index (χ1n) is 6.22. The summed E-state index contributed by atoms with van der Waals surface area (Å²) in [5.41, 5.74) is 0. The van der Waals surface area contributed by atoms with Crippen molar-refractivity contribution in [3.8, 4) is 5.88 Å². The van der Waals surface area contributed by atoms with Crippen LogP contribution in [0.1, 0.15) is 12.8 Å². The highest BCUT2D eigenvalue weighted by atomic mass is 16.5. The van der Waals surface area contributed by atoms with Gasteiger partial charge in [0.2, 0.25) is 11.8 Å². The van der Waals surface area contributed by atoms with Gasteiger partial charge in [-0.25, -0.2) is 4.98 Å². The van der Waals surface area contributed by atoms with Crippen molar-refractivity contribution in [3.63, 3.8) is 0 Å². The van der Waals surface area contributed by atoms with Crippen molar-refractivity contribution in [1.82, 2.24) is 15.3 Å². The predicted octanol–water partition coefficient (Wildman–Crippen LogP) is 0.673. The van der Waals surface area contributed by atoms with Gasteiger partial charge in [0.15, 0.2) is 0 Å². The third-order valence-corrected chi connectivity index (χ3v) is 3.71. The monoisotopic (exact) mass is 234 g/mol. The molecule has 0 aromatic carbocycles. The van der Waals surface area contributed by atoms with Gasteiger partial charge >= 0.3 is 0 Å². The fourth-order valence-corrected chi connectivity index (χ4v) is 2.81. The van der Waals surface area contributed by atoms with Gasteiger partial charge in [-0.3, -0.25) is 0 Å². The molecule has 3 rings (SSSR count). The lowest BCUT2D eigenvalue weighted by atomic mass is 9.94. The Morgan fingerprint density at radius 3 is 3.24 bits per heavy atom. The number of nitrogens with one attached hydrogen (secondary N) is 1. The quantitative estimate of drug-likeness (QED) is 0.815. The molecule has 2 fully saturated rings. The number of rotatable bonds is 2. The molecule has 17 heavy (non-hydrogen) atoms. The SMILES string of the molecule is COc1ccnc(N2C[C@@H]3CCCN[C@@H]3C2)n1. The van der Waals surface area contributed by atoms with Crippen LogP contribution in [0, 0.1) is 5.92 Å². The predicted molar refractivity (Wildman–Crippen MR) is 65.3 cm³/mol. The Bertz CT molecular complexity index is 384. The highest BCUT2D eigenvalue weighted by molar-refractivity contribution is 5.35. The Hall–Kier alpha value is -1.36. The molecule has 0 saturated carbocycles. The molecular formula is C12H18N4O. The summed E-state index contributed by atoms with van der Waals surface area (Å²) in [4.78, 5) is 11.0. The van der Waals surface area contributed by atoms with E-state index in [0.717, 1.165) is 31.5 Å². The summed E-state index contributed by atoms with van der Waals surface area (Å²) in [6.07, 6.45) is 4.36. The number of ether oxygens (including phenoxy) is 1. The number of piperidine rings is 1. The Kier molecular flexibility index (Phi) is 2.84. The van der Waals surface area contributed by atoms with Crippen LogP contribution in [0.3, 0.4) is 0 Å². The first-order valence-corrected chi connectivity index (χ1v) is 6.22. The van der Waals surface area contributed by atoms with Gasteiger partial charge in [-0.05, 0) is 25.3 Å². The first-order chi connectivity index (χ1) is 8.36. The fraction of sp³-hybridized carbons (Fsp3) is 0.667. The van der Waals surface area contributed by atoms with E-state index in [9.17, 15) is 0 Å². The van der Waals surface area contributed by atoms with Crippen molar-refractivity contribution in [2.45, 2.75) is 18.9 Å². The van der Waals surface area contributed by atoms with Crippen LogP contribution >= 0.6 is 0 Å². The van der Waals surface area contributed by atoms with Crippen molar-refractivity contribution >= 4 is 5.95 Å². The summed E-state index contributed by atoms with van der Waals surface area (Å²) in [6.45, 7) is 3.22. The number of hydrogen-bond donors (Lipinski definition) is 1. The molecule has 1 aromatic heterocycles. The van der Waals surface area contributed by atoms with E-state index in [0.29, 0.717) is 11.9 Å². The molecule has 0 bridgehead atoms. The summed E-state index contributed by atoms with van der Waals surface area (Å²) in [6, 6.07) is 2.39. The second-order valence-corrected chi connectivity index (χ2v) is 4.77. The molecule has 2 saturated heterocycles. The maximum Gasteiger partial charge on any atom is 0.228 e. The zero-order chi connectivity index (χ0) is 11.7. The third kappa shape index (κ3) is 2.07. The molecule has 0 spiro atoms. The Balaban J connectivity index is 1.76. The maximum absolute atomic E-state index is 5.14. The minimum Gasteiger partial charge on any atom is -0.481 e. The van der Waals surface area contributed by atoms with Crippen LogP contribution in [-0.2, 0) is 0 Å². The van der Waals surface area contributed by atoms with E-state index < -0.39 is 0 Å². The molecule has 2 atom stereocenters. The topological polar surface area (TPSA) is 50.3 Å². The molecule has 5 heteroatoms. The number of aromatic nitrogens is 2. The number of nitrogens with zero attached hydrogens (tertiary/aromatic N) is 3. The van der Waals surface area contributed by atoms with Crippen LogP contribution in [0.4, 0.5) is 5.95 Å². The molecule has 92 valence electrons. The van der Waals surface area contributed by atoms with Gasteiger partial charge in [0.1, 0.15) is 0 Å². The smallest absolute Gasteiger partial charge is 0.228 e. The van der Waals surface area contributed by atoms with Gasteiger partial charge in [0.25, 0.3) is 0 Å². The van der Waals surface area contributed by atoms with Gasteiger partial charge in [0, 0.05) is 31.4 Å². The fourth-order valence-electron chi connectivity index (χ4n) is 2.81. The lowest BCUT2D eigenvalue weighted by Gasteiger charge is -2.24. The van der Waals surface area contributed by atoms with Gasteiger partial charge in [-0.2, -0.15) is 4.98 Å². The third-order valence-electron chi connectivity index (χ3n) is 3.71. The molecule has 2 aliphatic heterocycles. The van der Waals surface area contributed by atoms with Gasteiger partial charge in [-0.15, -0.1) is 0 Å². The molecule has 0 amide bonds. The zero-order valence-electron chi connectivity index (χ0n) is 10.1. The summed E-state index contributed by atoms with van der Waals surface area (Å²) in [7, 11) is 1.64. The van der Waals surface area contributed by atoms with Crippen molar-refractivity contribution in [2.24, 2.45) is 5.92 Å². The van der Waals surface area contributed by atoms with E-state index in [4.69, 9.17) is 4.74 Å². The van der Waals surface area contributed by atoms with Crippen molar-refractivity contribution in [3.05, 3.63) is 12.3 Å². The molecule has 1 N–H and O–H groups in total. The Labute approximate surface area is 101 Å². The molecule has 3 heterocycles. The van der Waals surface area contributed by atoms with Crippen molar-refractivity contribution in [2.75, 3.05) is 31.6 Å². The first kappa shape index (κ1) is 10.8. The molecule has 0 unspecified atom stereocenters. The second kappa shape index (κ2) is 4.49. The summed E-state index contributed by atoms with van der Waals surface area (Å²) in [5, 5.41) is 3.58. The number of hydrogen-bond acceptors (Lipinski definition) is 5. The number of methoxy groups -OCH3 is 1. The summed E-state index contributed by atoms with van der Waals surface area (Å²) in [5.74, 6) is 2.18. The minimum absolute atomic E-state index is 0.610. The van der Waals surface area contributed by atoms with E-state index in [1.165, 1.54) is 12.8 Å². The maximum atomic E-state index is 5.14. The Morgan fingerprint density at radius 1 is 1.47 bits per heavy atom. The van der Waals surface area contributed by atoms with Crippen LogP contribution in [0.15, 0.2) is 12.3 Å². The molecular weight excluding hydrogens is 216 g/mol. The highest BCUT2D eigenvalue weighted by Gasteiger charge is 2.35.